The molecule has 5 rings (SSSR count). The van der Waals surface area contributed by atoms with Gasteiger partial charge in [0.1, 0.15) is 28.4 Å². The summed E-state index contributed by atoms with van der Waals surface area (Å²) in [6.07, 6.45) is 2.03. The molecule has 0 aliphatic heterocycles. The number of benzene rings is 2. The molecule has 0 saturated heterocycles. The minimum absolute atomic E-state index is 0.0217. The molecule has 5 aromatic rings. The van der Waals surface area contributed by atoms with Crippen LogP contribution in [0.5, 0.6) is 5.75 Å². The predicted molar refractivity (Wildman–Crippen MR) is 127 cm³/mol. The first kappa shape index (κ1) is 21.3. The lowest BCUT2D eigenvalue weighted by molar-refractivity contribution is -0.116. The normalized spacial score (nSPS) is 10.7. The summed E-state index contributed by atoms with van der Waals surface area (Å²) in [7, 11) is 0. The molecule has 32 heavy (non-hydrogen) atoms. The van der Waals surface area contributed by atoms with E-state index >= 15 is 0 Å². The highest BCUT2D eigenvalue weighted by Crippen LogP contribution is 2.30. The van der Waals surface area contributed by atoms with E-state index in [4.69, 9.17) is 0 Å². The number of nitrogens with one attached hydrogen (secondary N) is 3. The zero-order chi connectivity index (χ0) is 22.7. The SMILES string of the molecule is CC(=O)CNC(=O)c1ccc(O)c2[nH]c(-c3cccs3)nc12.Cc1c[nH]c2ccccc12. The minimum Gasteiger partial charge on any atom is -0.506 e. The zero-order valence-corrected chi connectivity index (χ0v) is 18.4. The third-order valence-electron chi connectivity index (χ3n) is 4.92. The van der Waals surface area contributed by atoms with Gasteiger partial charge < -0.3 is 20.4 Å². The van der Waals surface area contributed by atoms with Crippen LogP contribution in [0, 0.1) is 6.92 Å². The minimum atomic E-state index is -0.399. The Morgan fingerprint density at radius 2 is 1.94 bits per heavy atom. The van der Waals surface area contributed by atoms with E-state index in [9.17, 15) is 14.7 Å². The fourth-order valence-electron chi connectivity index (χ4n) is 3.31. The van der Waals surface area contributed by atoms with Crippen molar-refractivity contribution in [2.75, 3.05) is 6.54 Å². The fraction of sp³-hybridized carbons (Fsp3) is 0.125. The van der Waals surface area contributed by atoms with Crippen molar-refractivity contribution in [1.29, 1.82) is 0 Å². The molecule has 0 saturated carbocycles. The van der Waals surface area contributed by atoms with E-state index in [1.807, 2.05) is 29.8 Å². The van der Waals surface area contributed by atoms with Crippen LogP contribution in [0.1, 0.15) is 22.8 Å². The molecule has 2 aromatic carbocycles. The third-order valence-corrected chi connectivity index (χ3v) is 5.79. The first-order chi connectivity index (χ1) is 15.4. The van der Waals surface area contributed by atoms with Gasteiger partial charge in [0.25, 0.3) is 5.91 Å². The van der Waals surface area contributed by atoms with Crippen molar-refractivity contribution in [2.24, 2.45) is 0 Å². The molecule has 4 N–H and O–H groups in total. The van der Waals surface area contributed by atoms with Crippen LogP contribution < -0.4 is 5.32 Å². The van der Waals surface area contributed by atoms with Crippen molar-refractivity contribution < 1.29 is 14.7 Å². The number of phenols is 1. The summed E-state index contributed by atoms with van der Waals surface area (Å²) in [6, 6.07) is 15.0. The van der Waals surface area contributed by atoms with Gasteiger partial charge in [-0.05, 0) is 49.1 Å². The topological polar surface area (TPSA) is 111 Å². The molecule has 8 heteroatoms. The number of nitrogens with zero attached hydrogens (tertiary/aromatic N) is 1. The summed E-state index contributed by atoms with van der Waals surface area (Å²) in [5.41, 5.74) is 3.63. The summed E-state index contributed by atoms with van der Waals surface area (Å²) < 4.78 is 0. The lowest BCUT2D eigenvalue weighted by Crippen LogP contribution is -2.28. The smallest absolute Gasteiger partial charge is 0.253 e. The first-order valence-electron chi connectivity index (χ1n) is 10.00. The van der Waals surface area contributed by atoms with Crippen LogP contribution in [0.4, 0.5) is 0 Å². The number of para-hydroxylation sites is 1. The van der Waals surface area contributed by atoms with Crippen molar-refractivity contribution in [1.82, 2.24) is 20.3 Å². The van der Waals surface area contributed by atoms with E-state index in [1.165, 1.54) is 46.9 Å². The summed E-state index contributed by atoms with van der Waals surface area (Å²) in [5, 5.41) is 15.7. The van der Waals surface area contributed by atoms with Crippen LogP contribution >= 0.6 is 11.3 Å². The van der Waals surface area contributed by atoms with E-state index in [2.05, 4.69) is 45.4 Å². The standard InChI is InChI=1S/C15H13N3O3S.C9H9N/c1-8(19)7-16-15(21)9-4-5-10(20)13-12(9)17-14(18-13)11-3-2-6-22-11;1-7-6-10-9-5-3-2-4-8(7)9/h2-6,20H,7H2,1H3,(H,16,21)(H,17,18);2-6,10H,1H3. The summed E-state index contributed by atoms with van der Waals surface area (Å²) >= 11 is 1.50. The Labute approximate surface area is 188 Å². The van der Waals surface area contributed by atoms with Crippen LogP contribution in [-0.2, 0) is 4.79 Å². The highest BCUT2D eigenvalue weighted by atomic mass is 32.1. The van der Waals surface area contributed by atoms with E-state index in [0.29, 0.717) is 22.4 Å². The maximum Gasteiger partial charge on any atom is 0.253 e. The van der Waals surface area contributed by atoms with Gasteiger partial charge in [-0.1, -0.05) is 24.3 Å². The maximum atomic E-state index is 12.2. The number of aromatic nitrogens is 3. The van der Waals surface area contributed by atoms with Crippen LogP contribution in [0.25, 0.3) is 32.6 Å². The second kappa shape index (κ2) is 9.07. The number of Topliss-reactive ketones (excluding diaryl/α,β-unsaturated/α-hetero) is 1. The Morgan fingerprint density at radius 1 is 1.12 bits per heavy atom. The average molecular weight is 447 g/mol. The van der Waals surface area contributed by atoms with E-state index in [0.717, 1.165) is 4.88 Å². The predicted octanol–water partition coefficient (Wildman–Crippen LogP) is 4.79. The summed E-state index contributed by atoms with van der Waals surface area (Å²) in [6.45, 7) is 3.47. The third kappa shape index (κ3) is 4.40. The van der Waals surface area contributed by atoms with Gasteiger partial charge in [0.15, 0.2) is 0 Å². The molecule has 0 atom stereocenters. The lowest BCUT2D eigenvalue weighted by Gasteiger charge is -2.04. The molecular formula is C24H22N4O3S. The van der Waals surface area contributed by atoms with Crippen LogP contribution in [0.15, 0.2) is 60.1 Å². The Bertz CT molecular complexity index is 1400. The second-order valence-electron chi connectivity index (χ2n) is 7.32. The number of fused-ring (bicyclic) bond motifs is 2. The van der Waals surface area contributed by atoms with Gasteiger partial charge in [0.2, 0.25) is 0 Å². The summed E-state index contributed by atoms with van der Waals surface area (Å²) in [5.74, 6) is 0.0784. The van der Waals surface area contributed by atoms with Gasteiger partial charge in [-0.15, -0.1) is 11.3 Å². The number of imidazole rings is 1. The number of carbonyl (C=O) groups excluding carboxylic acids is 2. The van der Waals surface area contributed by atoms with Crippen molar-refractivity contribution in [3.8, 4) is 16.5 Å². The highest BCUT2D eigenvalue weighted by molar-refractivity contribution is 7.13. The number of carbonyl (C=O) groups is 2. The van der Waals surface area contributed by atoms with E-state index < -0.39 is 5.91 Å². The number of phenolic OH excluding ortho intramolecular Hbond substituents is 1. The molecule has 0 radical (unpaired) electrons. The van der Waals surface area contributed by atoms with Crippen LogP contribution in [0.3, 0.4) is 0 Å². The largest absolute Gasteiger partial charge is 0.506 e. The Morgan fingerprint density at radius 3 is 2.66 bits per heavy atom. The number of hydrogen-bond donors (Lipinski definition) is 4. The number of amides is 1. The molecule has 0 spiro atoms. The molecular weight excluding hydrogens is 424 g/mol. The number of hydrogen-bond acceptors (Lipinski definition) is 5. The summed E-state index contributed by atoms with van der Waals surface area (Å²) in [4.78, 5) is 34.7. The highest BCUT2D eigenvalue weighted by Gasteiger charge is 2.17. The molecule has 162 valence electrons. The fourth-order valence-corrected chi connectivity index (χ4v) is 3.98. The van der Waals surface area contributed by atoms with Crippen LogP contribution in [-0.4, -0.2) is 38.3 Å². The van der Waals surface area contributed by atoms with Gasteiger partial charge >= 0.3 is 0 Å². The maximum absolute atomic E-state index is 12.2. The van der Waals surface area contributed by atoms with Crippen molar-refractivity contribution >= 4 is 45.0 Å². The van der Waals surface area contributed by atoms with Crippen molar-refractivity contribution in [3.63, 3.8) is 0 Å². The zero-order valence-electron chi connectivity index (χ0n) is 17.6. The van der Waals surface area contributed by atoms with Gasteiger partial charge in [0, 0.05) is 17.1 Å². The number of rotatable bonds is 4. The molecule has 3 heterocycles. The Hall–Kier alpha value is -3.91. The first-order valence-corrected chi connectivity index (χ1v) is 10.9. The molecule has 0 aliphatic carbocycles. The molecule has 0 fully saturated rings. The molecule has 7 nitrogen and oxygen atoms in total. The number of aryl methyl sites for hydroxylation is 1. The van der Waals surface area contributed by atoms with Gasteiger partial charge in [0.05, 0.1) is 17.0 Å². The van der Waals surface area contributed by atoms with E-state index in [1.54, 1.807) is 0 Å². The molecule has 0 aliphatic rings. The van der Waals surface area contributed by atoms with Crippen molar-refractivity contribution in [2.45, 2.75) is 13.8 Å². The quantitative estimate of drug-likeness (QED) is 0.318. The number of thiophene rings is 1. The average Bonchev–Trinajstić information content (AvgIpc) is 3.53. The molecule has 1 amide bonds. The number of ketones is 1. The Kier molecular flexibility index (Phi) is 6.04. The van der Waals surface area contributed by atoms with Crippen molar-refractivity contribution in [3.05, 3.63) is 71.2 Å². The van der Waals surface area contributed by atoms with Crippen LogP contribution in [0.2, 0.25) is 0 Å². The van der Waals surface area contributed by atoms with Gasteiger partial charge in [-0.25, -0.2) is 4.98 Å². The number of H-pyrrole nitrogens is 2. The molecule has 3 aromatic heterocycles. The van der Waals surface area contributed by atoms with Gasteiger partial charge in [-0.3, -0.25) is 9.59 Å². The van der Waals surface area contributed by atoms with E-state index in [-0.39, 0.29) is 18.1 Å². The number of aromatic amines is 2. The monoisotopic (exact) mass is 446 g/mol. The molecule has 0 bridgehead atoms. The number of aromatic hydroxyl groups is 1. The Balaban J connectivity index is 0.000000203. The molecule has 0 unspecified atom stereocenters. The van der Waals surface area contributed by atoms with Gasteiger partial charge in [-0.2, -0.15) is 0 Å². The lowest BCUT2D eigenvalue weighted by atomic mass is 10.1. The second-order valence-corrected chi connectivity index (χ2v) is 8.27.